The highest BCUT2D eigenvalue weighted by Gasteiger charge is 2.34. The van der Waals surface area contributed by atoms with E-state index in [1.807, 2.05) is 0 Å². The minimum atomic E-state index is -1.62. The van der Waals surface area contributed by atoms with Crippen LogP contribution in [0.1, 0.15) is 12.5 Å². The van der Waals surface area contributed by atoms with E-state index in [1.165, 1.54) is 6.92 Å². The molecular weight excluding hydrogens is 204 g/mol. The number of nitrogens with two attached hydrogens (primary N) is 1. The smallest absolute Gasteiger partial charge is 0.330 e. The van der Waals surface area contributed by atoms with Gasteiger partial charge in [-0.15, -0.1) is 0 Å². The molecule has 1 rings (SSSR count). The second kappa shape index (κ2) is 3.94. The molecule has 0 aliphatic carbocycles. The fraction of sp³-hybridized carbons (Fsp3) is 0.300. The topological polar surface area (TPSA) is 52.3 Å². The van der Waals surface area contributed by atoms with Crippen molar-refractivity contribution in [1.29, 1.82) is 0 Å². The molecule has 0 aliphatic heterocycles. The summed E-state index contributed by atoms with van der Waals surface area (Å²) in [6.45, 7) is 1.30. The predicted octanol–water partition coefficient (Wildman–Crippen LogP) is 1.31. The van der Waals surface area contributed by atoms with Gasteiger partial charge in [0.1, 0.15) is 17.2 Å². The molecule has 0 aliphatic rings. The van der Waals surface area contributed by atoms with E-state index >= 15 is 0 Å². The van der Waals surface area contributed by atoms with E-state index in [2.05, 4.69) is 4.74 Å². The zero-order chi connectivity index (χ0) is 11.6. The van der Waals surface area contributed by atoms with Crippen molar-refractivity contribution in [2.24, 2.45) is 5.73 Å². The number of carbonyl (C=O) groups is 1. The predicted molar refractivity (Wildman–Crippen MR) is 49.9 cm³/mol. The lowest BCUT2D eigenvalue weighted by Gasteiger charge is -2.22. The number of hydrogen-bond acceptors (Lipinski definition) is 3. The summed E-state index contributed by atoms with van der Waals surface area (Å²) in [6, 6.07) is 2.83. The van der Waals surface area contributed by atoms with Crippen molar-refractivity contribution in [3.63, 3.8) is 0 Å². The molecule has 0 fully saturated rings. The van der Waals surface area contributed by atoms with Crippen molar-refractivity contribution in [2.75, 3.05) is 7.11 Å². The van der Waals surface area contributed by atoms with Crippen LogP contribution in [-0.2, 0) is 15.1 Å². The molecule has 5 heteroatoms. The Balaban J connectivity index is 3.21. The number of hydrogen-bond donors (Lipinski definition) is 1. The van der Waals surface area contributed by atoms with E-state index < -0.39 is 23.1 Å². The maximum atomic E-state index is 13.3. The molecule has 1 unspecified atom stereocenters. The van der Waals surface area contributed by atoms with Gasteiger partial charge in [-0.1, -0.05) is 6.07 Å². The average molecular weight is 215 g/mol. The zero-order valence-electron chi connectivity index (χ0n) is 8.38. The minimum absolute atomic E-state index is 0.101. The van der Waals surface area contributed by atoms with Crippen LogP contribution in [0.4, 0.5) is 8.78 Å². The van der Waals surface area contributed by atoms with E-state index in [0.29, 0.717) is 6.07 Å². The molecule has 1 atom stereocenters. The summed E-state index contributed by atoms with van der Waals surface area (Å²) in [5.74, 6) is -2.38. The normalized spacial score (nSPS) is 14.5. The molecule has 1 aromatic rings. The average Bonchev–Trinajstić information content (AvgIpc) is 2.15. The highest BCUT2D eigenvalue weighted by Crippen LogP contribution is 2.22. The molecule has 82 valence electrons. The molecule has 0 aromatic heterocycles. The summed E-state index contributed by atoms with van der Waals surface area (Å²) in [7, 11) is 1.15. The number of methoxy groups -OCH3 is 1. The summed E-state index contributed by atoms with van der Waals surface area (Å²) < 4.78 is 30.4. The molecule has 15 heavy (non-hydrogen) atoms. The molecule has 0 saturated heterocycles. The van der Waals surface area contributed by atoms with Crippen LogP contribution in [0.25, 0.3) is 0 Å². The summed E-state index contributed by atoms with van der Waals surface area (Å²) in [5, 5.41) is 0. The first-order valence-electron chi connectivity index (χ1n) is 4.22. The third kappa shape index (κ3) is 2.12. The lowest BCUT2D eigenvalue weighted by molar-refractivity contribution is -0.146. The van der Waals surface area contributed by atoms with Gasteiger partial charge in [0, 0.05) is 11.6 Å². The number of halogens is 2. The van der Waals surface area contributed by atoms with Gasteiger partial charge in [0.15, 0.2) is 0 Å². The first-order chi connectivity index (χ1) is 6.89. The van der Waals surface area contributed by atoms with Crippen molar-refractivity contribution in [2.45, 2.75) is 12.5 Å². The first-order valence-corrected chi connectivity index (χ1v) is 4.22. The molecule has 0 bridgehead atoms. The van der Waals surface area contributed by atoms with Crippen molar-refractivity contribution >= 4 is 5.97 Å². The van der Waals surface area contributed by atoms with Crippen molar-refractivity contribution in [3.8, 4) is 0 Å². The SMILES string of the molecule is COC(=O)C(C)(N)c1ccc(F)cc1F. The van der Waals surface area contributed by atoms with E-state index in [1.54, 1.807) is 0 Å². The van der Waals surface area contributed by atoms with Gasteiger partial charge in [-0.2, -0.15) is 0 Å². The van der Waals surface area contributed by atoms with Crippen LogP contribution in [-0.4, -0.2) is 13.1 Å². The molecule has 1 aromatic carbocycles. The van der Waals surface area contributed by atoms with Gasteiger partial charge < -0.3 is 10.5 Å². The van der Waals surface area contributed by atoms with Crippen LogP contribution < -0.4 is 5.73 Å². The van der Waals surface area contributed by atoms with Crippen LogP contribution >= 0.6 is 0 Å². The molecule has 3 nitrogen and oxygen atoms in total. The maximum Gasteiger partial charge on any atom is 0.330 e. The Bertz CT molecular complexity index is 391. The molecule has 2 N–H and O–H groups in total. The molecule has 0 saturated carbocycles. The minimum Gasteiger partial charge on any atom is -0.467 e. The van der Waals surface area contributed by atoms with Gasteiger partial charge in [-0.25, -0.2) is 13.6 Å². The first kappa shape index (κ1) is 11.6. The summed E-state index contributed by atoms with van der Waals surface area (Å²) in [5.41, 5.74) is 3.89. The number of ether oxygens (including phenoxy) is 1. The van der Waals surface area contributed by atoms with E-state index in [4.69, 9.17) is 5.73 Å². The Kier molecular flexibility index (Phi) is 3.04. The third-order valence-corrected chi connectivity index (χ3v) is 2.10. The Labute approximate surface area is 85.8 Å². The number of esters is 1. The Hall–Kier alpha value is -1.49. The highest BCUT2D eigenvalue weighted by molar-refractivity contribution is 5.81. The molecular formula is C10H11F2NO2. The summed E-state index contributed by atoms with van der Waals surface area (Å²) >= 11 is 0. The van der Waals surface area contributed by atoms with E-state index in [-0.39, 0.29) is 5.56 Å². The maximum absolute atomic E-state index is 13.3. The number of rotatable bonds is 2. The van der Waals surface area contributed by atoms with Crippen LogP contribution in [0.2, 0.25) is 0 Å². The molecule has 0 spiro atoms. The van der Waals surface area contributed by atoms with Gasteiger partial charge in [-0.05, 0) is 13.0 Å². The quantitative estimate of drug-likeness (QED) is 0.757. The summed E-state index contributed by atoms with van der Waals surface area (Å²) in [4.78, 5) is 11.3. The van der Waals surface area contributed by atoms with Crippen LogP contribution in [0.5, 0.6) is 0 Å². The van der Waals surface area contributed by atoms with Crippen LogP contribution in [0, 0.1) is 11.6 Å². The third-order valence-electron chi connectivity index (χ3n) is 2.10. The standard InChI is InChI=1S/C10H11F2NO2/c1-10(13,9(14)15-2)7-4-3-6(11)5-8(7)12/h3-5H,13H2,1-2H3. The zero-order valence-corrected chi connectivity index (χ0v) is 8.38. The second-order valence-electron chi connectivity index (χ2n) is 3.32. The monoisotopic (exact) mass is 215 g/mol. The van der Waals surface area contributed by atoms with Crippen molar-refractivity contribution in [3.05, 3.63) is 35.4 Å². The molecule has 0 radical (unpaired) electrons. The van der Waals surface area contributed by atoms with Gasteiger partial charge in [-0.3, -0.25) is 0 Å². The van der Waals surface area contributed by atoms with Gasteiger partial charge in [0.05, 0.1) is 7.11 Å². The van der Waals surface area contributed by atoms with Crippen LogP contribution in [0.15, 0.2) is 18.2 Å². The Morgan fingerprint density at radius 1 is 1.47 bits per heavy atom. The molecule has 0 amide bonds. The van der Waals surface area contributed by atoms with Crippen molar-refractivity contribution < 1.29 is 18.3 Å². The van der Waals surface area contributed by atoms with Gasteiger partial charge in [0.25, 0.3) is 0 Å². The van der Waals surface area contributed by atoms with E-state index in [9.17, 15) is 13.6 Å². The van der Waals surface area contributed by atoms with Gasteiger partial charge in [0.2, 0.25) is 0 Å². The lowest BCUT2D eigenvalue weighted by Crippen LogP contribution is -2.43. The van der Waals surface area contributed by atoms with Crippen LogP contribution in [0.3, 0.4) is 0 Å². The highest BCUT2D eigenvalue weighted by atomic mass is 19.1. The molecule has 0 heterocycles. The Morgan fingerprint density at radius 3 is 2.53 bits per heavy atom. The van der Waals surface area contributed by atoms with Crippen molar-refractivity contribution in [1.82, 2.24) is 0 Å². The lowest BCUT2D eigenvalue weighted by atomic mass is 9.93. The van der Waals surface area contributed by atoms with Gasteiger partial charge >= 0.3 is 5.97 Å². The number of benzene rings is 1. The largest absolute Gasteiger partial charge is 0.467 e. The second-order valence-corrected chi connectivity index (χ2v) is 3.32. The number of carbonyl (C=O) groups excluding carboxylic acids is 1. The fourth-order valence-corrected chi connectivity index (χ4v) is 1.23. The Morgan fingerprint density at radius 2 is 2.07 bits per heavy atom. The summed E-state index contributed by atoms with van der Waals surface area (Å²) in [6.07, 6.45) is 0. The van der Waals surface area contributed by atoms with E-state index in [0.717, 1.165) is 19.2 Å². The fourth-order valence-electron chi connectivity index (χ4n) is 1.23.